The van der Waals surface area contributed by atoms with Crippen LogP contribution >= 0.6 is 0 Å². The monoisotopic (exact) mass is 530 g/mol. The van der Waals surface area contributed by atoms with Crippen LogP contribution in [0.3, 0.4) is 0 Å². The van der Waals surface area contributed by atoms with Crippen LogP contribution in [0.15, 0.2) is 11.6 Å². The van der Waals surface area contributed by atoms with Crippen molar-refractivity contribution in [3.8, 4) is 0 Å². The molecule has 0 bridgehead atoms. The van der Waals surface area contributed by atoms with E-state index in [-0.39, 0.29) is 46.8 Å². The van der Waals surface area contributed by atoms with Crippen molar-refractivity contribution in [3.05, 3.63) is 11.6 Å². The zero-order valence-corrected chi connectivity index (χ0v) is 24.8. The van der Waals surface area contributed by atoms with Crippen LogP contribution in [0.4, 0.5) is 0 Å². The summed E-state index contributed by atoms with van der Waals surface area (Å²) in [6, 6.07) is 0. The molecule has 2 N–H and O–H groups in total. The molecule has 0 aromatic heterocycles. The zero-order chi connectivity index (χ0) is 28.1. The van der Waals surface area contributed by atoms with Crippen molar-refractivity contribution in [2.24, 2.45) is 45.3 Å². The molecule has 1 aliphatic heterocycles. The van der Waals surface area contributed by atoms with Gasteiger partial charge in [-0.2, -0.15) is 0 Å². The van der Waals surface area contributed by atoms with Gasteiger partial charge in [-0.3, -0.25) is 9.59 Å². The van der Waals surface area contributed by atoms with Gasteiger partial charge >= 0.3 is 11.9 Å². The Hall–Kier alpha value is -1.40. The van der Waals surface area contributed by atoms with Crippen LogP contribution in [0.2, 0.25) is 0 Å². The van der Waals surface area contributed by atoms with Gasteiger partial charge < -0.3 is 19.7 Å². The van der Waals surface area contributed by atoms with Gasteiger partial charge in [-0.05, 0) is 85.9 Å². The second-order valence-corrected chi connectivity index (χ2v) is 15.2. The fraction of sp³-hybridized carbons (Fsp3) is 0.875. The van der Waals surface area contributed by atoms with Crippen molar-refractivity contribution in [2.75, 3.05) is 0 Å². The van der Waals surface area contributed by atoms with Crippen LogP contribution in [0, 0.1) is 45.3 Å². The molecule has 1 spiro atoms. The minimum Gasteiger partial charge on any atom is -0.462 e. The minimum absolute atomic E-state index is 0.0111. The van der Waals surface area contributed by atoms with E-state index < -0.39 is 22.5 Å². The first-order chi connectivity index (χ1) is 17.5. The van der Waals surface area contributed by atoms with E-state index in [2.05, 4.69) is 47.6 Å². The smallest absolute Gasteiger partial charge is 0.314 e. The molecule has 0 radical (unpaired) electrons. The first kappa shape index (κ1) is 28.1. The fourth-order valence-electron chi connectivity index (χ4n) is 10.8. The number of hydrogen-bond acceptors (Lipinski definition) is 6. The second-order valence-electron chi connectivity index (χ2n) is 15.2. The Bertz CT molecular complexity index is 1030. The predicted molar refractivity (Wildman–Crippen MR) is 145 cm³/mol. The number of carbonyl (C=O) groups excluding carboxylic acids is 2. The first-order valence-corrected chi connectivity index (χ1v) is 15.0. The highest BCUT2D eigenvalue weighted by atomic mass is 16.6. The molecule has 6 heteroatoms. The molecule has 10 unspecified atom stereocenters. The number of aliphatic hydroxyl groups excluding tert-OH is 2. The summed E-state index contributed by atoms with van der Waals surface area (Å²) >= 11 is 0. The normalized spacial score (nSPS) is 47.8. The molecule has 4 aliphatic carbocycles. The Morgan fingerprint density at radius 3 is 2.45 bits per heavy atom. The van der Waals surface area contributed by atoms with Crippen molar-refractivity contribution in [1.82, 2.24) is 0 Å². The quantitative estimate of drug-likeness (QED) is 0.356. The molecule has 3 saturated carbocycles. The summed E-state index contributed by atoms with van der Waals surface area (Å²) in [5.74, 6) is 0.0659. The van der Waals surface area contributed by atoms with Gasteiger partial charge in [0.15, 0.2) is 0 Å². The van der Waals surface area contributed by atoms with Crippen LogP contribution in [0.25, 0.3) is 0 Å². The minimum atomic E-state index is -0.896. The van der Waals surface area contributed by atoms with E-state index in [1.165, 1.54) is 12.5 Å². The number of esters is 2. The van der Waals surface area contributed by atoms with Crippen molar-refractivity contribution in [2.45, 2.75) is 131 Å². The van der Waals surface area contributed by atoms with Gasteiger partial charge in [-0.1, -0.05) is 53.2 Å². The summed E-state index contributed by atoms with van der Waals surface area (Å²) in [4.78, 5) is 26.0. The van der Waals surface area contributed by atoms with E-state index in [9.17, 15) is 19.8 Å². The van der Waals surface area contributed by atoms with Gasteiger partial charge in [-0.15, -0.1) is 0 Å². The SMILES string of the molecule is CC(=O)OC(CC(C)C)CC1(C)OC(=O)C23CC=C4C(CCC5C4(C)CCC(O)C5(C)C)C2(C)CC(O)C13. The van der Waals surface area contributed by atoms with Crippen molar-refractivity contribution in [3.63, 3.8) is 0 Å². The summed E-state index contributed by atoms with van der Waals surface area (Å²) in [6.45, 7) is 16.6. The second kappa shape index (κ2) is 8.80. The molecule has 6 nitrogen and oxygen atoms in total. The number of ether oxygens (including phenoxy) is 2. The average Bonchev–Trinajstić information content (AvgIpc) is 3.16. The molecular weight excluding hydrogens is 480 g/mol. The van der Waals surface area contributed by atoms with E-state index in [4.69, 9.17) is 9.47 Å². The van der Waals surface area contributed by atoms with E-state index in [0.717, 1.165) is 25.7 Å². The molecule has 0 aromatic rings. The van der Waals surface area contributed by atoms with Crippen LogP contribution in [-0.2, 0) is 19.1 Å². The van der Waals surface area contributed by atoms with Gasteiger partial charge in [0, 0.05) is 19.3 Å². The molecule has 4 fully saturated rings. The maximum Gasteiger partial charge on any atom is 0.314 e. The third kappa shape index (κ3) is 3.64. The standard InChI is InChI=1S/C32H50O6/c1-18(2)15-20(37-19(3)33)16-31(8)26-23(34)17-30(7)22-9-10-24-28(4,5)25(35)12-13-29(24,6)21(22)11-14-32(26,30)27(36)38-31/h11,18,20,22-26,34-35H,9-10,12-17H2,1-8H3. The van der Waals surface area contributed by atoms with Gasteiger partial charge in [-0.25, -0.2) is 0 Å². The number of cyclic esters (lactones) is 1. The maximum absolute atomic E-state index is 14.1. The fourth-order valence-corrected chi connectivity index (χ4v) is 10.8. The van der Waals surface area contributed by atoms with Crippen LogP contribution in [0.1, 0.15) is 107 Å². The maximum atomic E-state index is 14.1. The molecule has 214 valence electrons. The molecule has 1 saturated heterocycles. The van der Waals surface area contributed by atoms with E-state index in [1.54, 1.807) is 0 Å². The summed E-state index contributed by atoms with van der Waals surface area (Å²) in [5.41, 5.74) is -0.789. The first-order valence-electron chi connectivity index (χ1n) is 15.0. The summed E-state index contributed by atoms with van der Waals surface area (Å²) in [6.07, 6.45) is 7.04. The topological polar surface area (TPSA) is 93.1 Å². The van der Waals surface area contributed by atoms with E-state index >= 15 is 0 Å². The van der Waals surface area contributed by atoms with Gasteiger partial charge in [0.1, 0.15) is 11.7 Å². The largest absolute Gasteiger partial charge is 0.462 e. The summed E-state index contributed by atoms with van der Waals surface area (Å²) in [7, 11) is 0. The molecular formula is C32H50O6. The Labute approximate surface area is 228 Å². The van der Waals surface area contributed by atoms with E-state index in [1.807, 2.05) is 6.92 Å². The Kier molecular flexibility index (Phi) is 6.52. The van der Waals surface area contributed by atoms with Crippen LogP contribution in [-0.4, -0.2) is 46.1 Å². The highest BCUT2D eigenvalue weighted by Gasteiger charge is 2.78. The van der Waals surface area contributed by atoms with Crippen molar-refractivity contribution < 1.29 is 29.3 Å². The Morgan fingerprint density at radius 1 is 1.13 bits per heavy atom. The van der Waals surface area contributed by atoms with Gasteiger partial charge in [0.05, 0.1) is 17.6 Å². The lowest BCUT2D eigenvalue weighted by Crippen LogP contribution is -2.59. The van der Waals surface area contributed by atoms with Gasteiger partial charge in [0.2, 0.25) is 0 Å². The summed E-state index contributed by atoms with van der Waals surface area (Å²) in [5, 5.41) is 22.6. The number of aliphatic hydroxyl groups is 2. The highest BCUT2D eigenvalue weighted by molar-refractivity contribution is 5.83. The molecule has 10 atom stereocenters. The van der Waals surface area contributed by atoms with Crippen LogP contribution in [0.5, 0.6) is 0 Å². The average molecular weight is 531 g/mol. The third-order valence-electron chi connectivity index (χ3n) is 12.3. The number of fused-ring (bicyclic) bond motifs is 4. The number of hydrogen-bond donors (Lipinski definition) is 2. The Balaban J connectivity index is 1.53. The Morgan fingerprint density at radius 2 is 1.82 bits per heavy atom. The predicted octanol–water partition coefficient (Wildman–Crippen LogP) is 5.59. The lowest BCUT2D eigenvalue weighted by molar-refractivity contribution is -0.166. The van der Waals surface area contributed by atoms with Gasteiger partial charge in [0.25, 0.3) is 0 Å². The number of rotatable bonds is 5. The van der Waals surface area contributed by atoms with E-state index in [0.29, 0.717) is 37.5 Å². The summed E-state index contributed by atoms with van der Waals surface area (Å²) < 4.78 is 12.0. The zero-order valence-electron chi connectivity index (χ0n) is 24.8. The van der Waals surface area contributed by atoms with Crippen LogP contribution < -0.4 is 0 Å². The molecule has 5 rings (SSSR count). The lowest BCUT2D eigenvalue weighted by atomic mass is 9.41. The highest BCUT2D eigenvalue weighted by Crippen LogP contribution is 2.76. The van der Waals surface area contributed by atoms with Crippen molar-refractivity contribution >= 4 is 11.9 Å². The molecule has 0 aromatic carbocycles. The molecule has 5 aliphatic rings. The number of allylic oxidation sites excluding steroid dienone is 2. The molecule has 0 amide bonds. The third-order valence-corrected chi connectivity index (χ3v) is 12.3. The molecule has 1 heterocycles. The number of carbonyl (C=O) groups is 2. The lowest BCUT2D eigenvalue weighted by Gasteiger charge is -2.63. The van der Waals surface area contributed by atoms with Crippen molar-refractivity contribution in [1.29, 1.82) is 0 Å². The molecule has 38 heavy (non-hydrogen) atoms.